The number of nitrogens with zero attached hydrogens (tertiary/aromatic N) is 2. The van der Waals surface area contributed by atoms with Gasteiger partial charge in [0.25, 0.3) is 0 Å². The molecule has 0 bridgehead atoms. The molecule has 86 valence electrons. The van der Waals surface area contributed by atoms with E-state index in [-0.39, 0.29) is 0 Å². The van der Waals surface area contributed by atoms with Crippen molar-refractivity contribution in [2.75, 3.05) is 18.8 Å². The first kappa shape index (κ1) is 12.0. The first-order valence-corrected chi connectivity index (χ1v) is 6.14. The normalized spacial score (nSPS) is 12.0. The zero-order valence-electron chi connectivity index (χ0n) is 9.11. The van der Waals surface area contributed by atoms with Gasteiger partial charge in [-0.1, -0.05) is 13.3 Å². The average Bonchev–Trinajstić information content (AvgIpc) is 2.52. The Labute approximate surface area is 89.9 Å². The third-order valence-corrected chi connectivity index (χ3v) is 3.29. The fraction of sp³-hybridized carbons (Fsp3) is 0.625. The summed E-state index contributed by atoms with van der Waals surface area (Å²) in [4.78, 5) is 0. The highest BCUT2D eigenvalue weighted by Crippen LogP contribution is 2.09. The number of nitrogens with one attached hydrogen (secondary N) is 2. The summed E-state index contributed by atoms with van der Waals surface area (Å²) in [6.07, 6.45) is 1.85. The molecule has 15 heavy (non-hydrogen) atoms. The molecule has 0 fully saturated rings. The van der Waals surface area contributed by atoms with Crippen molar-refractivity contribution in [3.63, 3.8) is 0 Å². The maximum Gasteiger partial charge on any atom is 0.302 e. The van der Waals surface area contributed by atoms with E-state index < -0.39 is 10.2 Å². The first-order valence-electron chi connectivity index (χ1n) is 4.70. The predicted molar refractivity (Wildman–Crippen MR) is 58.8 cm³/mol. The quantitative estimate of drug-likeness (QED) is 0.779. The van der Waals surface area contributed by atoms with Crippen LogP contribution >= 0.6 is 0 Å². The zero-order chi connectivity index (χ0) is 11.5. The van der Waals surface area contributed by atoms with Gasteiger partial charge in [0.15, 0.2) is 5.82 Å². The van der Waals surface area contributed by atoms with Gasteiger partial charge in [0, 0.05) is 25.9 Å². The van der Waals surface area contributed by atoms with Gasteiger partial charge >= 0.3 is 10.2 Å². The Hall–Kier alpha value is -1.08. The number of aromatic amines is 1. The molecule has 0 saturated carbocycles. The van der Waals surface area contributed by atoms with Crippen LogP contribution in [-0.4, -0.2) is 37.0 Å². The summed E-state index contributed by atoms with van der Waals surface area (Å²) in [6, 6.07) is 1.70. The Morgan fingerprint density at radius 3 is 2.73 bits per heavy atom. The fourth-order valence-electron chi connectivity index (χ4n) is 1.03. The maximum atomic E-state index is 11.4. The van der Waals surface area contributed by atoms with Crippen LogP contribution in [0.15, 0.2) is 6.07 Å². The largest absolute Gasteiger partial charge is 0.302 e. The number of hydrogen-bond donors (Lipinski definition) is 2. The molecule has 0 radical (unpaired) electrons. The Morgan fingerprint density at radius 2 is 2.20 bits per heavy atom. The Morgan fingerprint density at radius 1 is 1.53 bits per heavy atom. The van der Waals surface area contributed by atoms with Crippen molar-refractivity contribution < 1.29 is 8.42 Å². The lowest BCUT2D eigenvalue weighted by Crippen LogP contribution is -2.29. The first-order chi connectivity index (χ1) is 6.95. The lowest BCUT2D eigenvalue weighted by atomic mass is 10.2. The van der Waals surface area contributed by atoms with Crippen molar-refractivity contribution in [2.24, 2.45) is 0 Å². The Balaban J connectivity index is 2.73. The van der Waals surface area contributed by atoms with E-state index in [2.05, 4.69) is 14.9 Å². The fourth-order valence-corrected chi connectivity index (χ4v) is 1.59. The van der Waals surface area contributed by atoms with Crippen LogP contribution in [0.5, 0.6) is 0 Å². The number of aryl methyl sites for hydroxylation is 1. The minimum Gasteiger partial charge on any atom is -0.280 e. The molecule has 0 aliphatic carbocycles. The molecule has 2 N–H and O–H groups in total. The van der Waals surface area contributed by atoms with Crippen molar-refractivity contribution in [3.05, 3.63) is 11.8 Å². The van der Waals surface area contributed by atoms with E-state index in [4.69, 9.17) is 0 Å². The minimum absolute atomic E-state index is 0.326. The number of H-pyrrole nitrogens is 1. The summed E-state index contributed by atoms with van der Waals surface area (Å²) in [5.74, 6) is 0.326. The van der Waals surface area contributed by atoms with Gasteiger partial charge in [-0.05, 0) is 6.42 Å². The molecule has 1 rings (SSSR count). The minimum atomic E-state index is -3.45. The summed E-state index contributed by atoms with van der Waals surface area (Å²) in [6.45, 7) is 2.05. The van der Waals surface area contributed by atoms with Crippen LogP contribution in [0.4, 0.5) is 5.82 Å². The second-order valence-electron chi connectivity index (χ2n) is 3.42. The number of hydrogen-bond acceptors (Lipinski definition) is 3. The topological polar surface area (TPSA) is 78.1 Å². The second kappa shape index (κ2) is 4.63. The highest BCUT2D eigenvalue weighted by atomic mass is 32.2. The van der Waals surface area contributed by atoms with Gasteiger partial charge in [-0.25, -0.2) is 0 Å². The van der Waals surface area contributed by atoms with E-state index in [1.165, 1.54) is 14.1 Å². The molecule has 0 atom stereocenters. The van der Waals surface area contributed by atoms with Gasteiger partial charge in [-0.15, -0.1) is 0 Å². The number of anilines is 1. The van der Waals surface area contributed by atoms with Crippen LogP contribution in [-0.2, 0) is 16.6 Å². The number of rotatable bonds is 5. The summed E-state index contributed by atoms with van der Waals surface area (Å²) >= 11 is 0. The molecule has 1 aromatic heterocycles. The third kappa shape index (κ3) is 3.21. The van der Waals surface area contributed by atoms with E-state index >= 15 is 0 Å². The third-order valence-electron chi connectivity index (χ3n) is 1.86. The van der Waals surface area contributed by atoms with Crippen LogP contribution in [0.3, 0.4) is 0 Å². The summed E-state index contributed by atoms with van der Waals surface area (Å²) < 4.78 is 26.3. The van der Waals surface area contributed by atoms with E-state index in [0.717, 1.165) is 22.8 Å². The molecule has 0 aliphatic rings. The van der Waals surface area contributed by atoms with Crippen LogP contribution in [0.2, 0.25) is 0 Å². The Bertz CT molecular complexity index is 410. The molecule has 0 saturated heterocycles. The van der Waals surface area contributed by atoms with Gasteiger partial charge in [0.1, 0.15) is 0 Å². The van der Waals surface area contributed by atoms with Crippen LogP contribution in [0, 0.1) is 0 Å². The molecule has 1 heterocycles. The smallest absolute Gasteiger partial charge is 0.280 e. The van der Waals surface area contributed by atoms with Crippen molar-refractivity contribution in [1.82, 2.24) is 14.5 Å². The van der Waals surface area contributed by atoms with Crippen molar-refractivity contribution in [1.29, 1.82) is 0 Å². The SMILES string of the molecule is CCCc1cc(NS(=O)(=O)N(C)C)n[nH]1. The molecule has 0 aromatic carbocycles. The van der Waals surface area contributed by atoms with Crippen molar-refractivity contribution >= 4 is 16.0 Å². The van der Waals surface area contributed by atoms with Crippen molar-refractivity contribution in [2.45, 2.75) is 19.8 Å². The molecule has 6 nitrogen and oxygen atoms in total. The highest BCUT2D eigenvalue weighted by Gasteiger charge is 2.14. The molecule has 0 unspecified atom stereocenters. The van der Waals surface area contributed by atoms with Crippen LogP contribution in [0.1, 0.15) is 19.0 Å². The summed E-state index contributed by atoms with van der Waals surface area (Å²) in [5.41, 5.74) is 0.925. The van der Waals surface area contributed by atoms with Gasteiger partial charge in [0.05, 0.1) is 0 Å². The molecular weight excluding hydrogens is 216 g/mol. The molecule has 0 spiro atoms. The van der Waals surface area contributed by atoms with E-state index in [1.807, 2.05) is 6.92 Å². The van der Waals surface area contributed by atoms with Gasteiger partial charge in [-0.3, -0.25) is 9.82 Å². The van der Waals surface area contributed by atoms with E-state index in [9.17, 15) is 8.42 Å². The maximum absolute atomic E-state index is 11.4. The van der Waals surface area contributed by atoms with Crippen LogP contribution in [0.25, 0.3) is 0 Å². The standard InChI is InChI=1S/C8H16N4O2S/c1-4-5-7-6-8(10-9-7)11-15(13,14)12(2)3/h6H,4-5H2,1-3H3,(H2,9,10,11). The van der Waals surface area contributed by atoms with E-state index in [1.54, 1.807) is 6.07 Å². The molecule has 0 aliphatic heterocycles. The second-order valence-corrected chi connectivity index (χ2v) is 5.30. The monoisotopic (exact) mass is 232 g/mol. The average molecular weight is 232 g/mol. The highest BCUT2D eigenvalue weighted by molar-refractivity contribution is 7.90. The van der Waals surface area contributed by atoms with E-state index in [0.29, 0.717) is 5.82 Å². The number of aromatic nitrogens is 2. The summed E-state index contributed by atoms with van der Waals surface area (Å²) in [7, 11) is -0.532. The lowest BCUT2D eigenvalue weighted by Gasteiger charge is -2.10. The summed E-state index contributed by atoms with van der Waals surface area (Å²) in [5, 5.41) is 6.63. The molecule has 1 aromatic rings. The van der Waals surface area contributed by atoms with Crippen LogP contribution < -0.4 is 4.72 Å². The van der Waals surface area contributed by atoms with Gasteiger partial charge < -0.3 is 0 Å². The zero-order valence-corrected chi connectivity index (χ0v) is 9.93. The molecule has 0 amide bonds. The molecule has 7 heteroatoms. The molecular formula is C8H16N4O2S. The van der Waals surface area contributed by atoms with Gasteiger partial charge in [-0.2, -0.15) is 17.8 Å². The Kier molecular flexibility index (Phi) is 3.70. The lowest BCUT2D eigenvalue weighted by molar-refractivity contribution is 0.526. The van der Waals surface area contributed by atoms with Crippen molar-refractivity contribution in [3.8, 4) is 0 Å². The van der Waals surface area contributed by atoms with Gasteiger partial charge in [0.2, 0.25) is 0 Å². The predicted octanol–water partition coefficient (Wildman–Crippen LogP) is 0.580.